The summed E-state index contributed by atoms with van der Waals surface area (Å²) in [6.07, 6.45) is 1.35. The number of nitrogens with two attached hydrogens (primary N) is 1. The van der Waals surface area contributed by atoms with E-state index in [9.17, 15) is 8.42 Å². The summed E-state index contributed by atoms with van der Waals surface area (Å²) < 4.78 is 22.8. The fourth-order valence-electron chi connectivity index (χ4n) is 2.94. The maximum Gasteiger partial charge on any atom is 0.153 e. The lowest BCUT2D eigenvalue weighted by molar-refractivity contribution is 0.221. The molecule has 0 aromatic rings. The van der Waals surface area contributed by atoms with Gasteiger partial charge in [-0.15, -0.1) is 0 Å². The molecule has 3 rings (SSSR count). The van der Waals surface area contributed by atoms with Gasteiger partial charge in [0, 0.05) is 25.2 Å². The van der Waals surface area contributed by atoms with Crippen molar-refractivity contribution < 1.29 is 8.42 Å². The van der Waals surface area contributed by atoms with Gasteiger partial charge in [-0.3, -0.25) is 4.90 Å². The van der Waals surface area contributed by atoms with E-state index >= 15 is 0 Å². The van der Waals surface area contributed by atoms with E-state index in [0.717, 1.165) is 24.9 Å². The SMILES string of the molecule is NC1CS(=O)(=O)CC1N1CC2CC2C1. The zero-order valence-electron chi connectivity index (χ0n) is 8.09. The number of hydrogen-bond acceptors (Lipinski definition) is 4. The van der Waals surface area contributed by atoms with Gasteiger partial charge in [-0.05, 0) is 18.3 Å². The first-order chi connectivity index (χ1) is 6.55. The Morgan fingerprint density at radius 1 is 1.14 bits per heavy atom. The lowest BCUT2D eigenvalue weighted by Crippen LogP contribution is -2.46. The van der Waals surface area contributed by atoms with Crippen molar-refractivity contribution in [2.45, 2.75) is 18.5 Å². The van der Waals surface area contributed by atoms with E-state index in [4.69, 9.17) is 5.73 Å². The van der Waals surface area contributed by atoms with Crippen LogP contribution in [0.3, 0.4) is 0 Å². The molecule has 2 N–H and O–H groups in total. The summed E-state index contributed by atoms with van der Waals surface area (Å²) in [6.45, 7) is 2.16. The van der Waals surface area contributed by atoms with Gasteiger partial charge < -0.3 is 5.73 Å². The molecule has 2 aliphatic heterocycles. The largest absolute Gasteiger partial charge is 0.325 e. The minimum atomic E-state index is -2.85. The Labute approximate surface area is 84.4 Å². The third-order valence-electron chi connectivity index (χ3n) is 3.84. The zero-order valence-corrected chi connectivity index (χ0v) is 8.91. The second kappa shape index (κ2) is 2.71. The highest BCUT2D eigenvalue weighted by Crippen LogP contribution is 2.46. The minimum absolute atomic E-state index is 0.104. The number of rotatable bonds is 1. The fourth-order valence-corrected chi connectivity index (χ4v) is 4.86. The van der Waals surface area contributed by atoms with Crippen LogP contribution in [0.1, 0.15) is 6.42 Å². The number of fused-ring (bicyclic) bond motifs is 1. The first kappa shape index (κ1) is 9.12. The van der Waals surface area contributed by atoms with E-state index in [-0.39, 0.29) is 23.6 Å². The van der Waals surface area contributed by atoms with Crippen molar-refractivity contribution in [1.82, 2.24) is 4.90 Å². The molecule has 2 saturated heterocycles. The van der Waals surface area contributed by atoms with Gasteiger partial charge in [0.15, 0.2) is 9.84 Å². The van der Waals surface area contributed by atoms with E-state index in [2.05, 4.69) is 4.90 Å². The normalized spacial score (nSPS) is 50.6. The van der Waals surface area contributed by atoms with Crippen molar-refractivity contribution in [2.24, 2.45) is 17.6 Å². The number of sulfone groups is 1. The van der Waals surface area contributed by atoms with Crippen LogP contribution in [0.2, 0.25) is 0 Å². The Morgan fingerprint density at radius 3 is 2.29 bits per heavy atom. The van der Waals surface area contributed by atoms with Gasteiger partial charge in [0.1, 0.15) is 0 Å². The Balaban J connectivity index is 1.73. The Morgan fingerprint density at radius 2 is 1.79 bits per heavy atom. The van der Waals surface area contributed by atoms with E-state index in [1.807, 2.05) is 0 Å². The number of piperidine rings is 1. The topological polar surface area (TPSA) is 63.4 Å². The molecule has 4 nitrogen and oxygen atoms in total. The monoisotopic (exact) mass is 216 g/mol. The molecule has 2 heterocycles. The summed E-state index contributed by atoms with van der Waals surface area (Å²) >= 11 is 0. The van der Waals surface area contributed by atoms with Gasteiger partial charge in [-0.1, -0.05) is 0 Å². The maximum atomic E-state index is 11.4. The number of hydrogen-bond donors (Lipinski definition) is 1. The standard InChI is InChI=1S/C9H16N2O2S/c10-8-4-14(12,13)5-9(8)11-2-6-1-7(6)3-11/h6-9H,1-5,10H2. The predicted molar refractivity (Wildman–Crippen MR) is 53.6 cm³/mol. The Kier molecular flexibility index (Phi) is 1.77. The Bertz CT molecular complexity index is 344. The highest BCUT2D eigenvalue weighted by atomic mass is 32.2. The van der Waals surface area contributed by atoms with Gasteiger partial charge in [-0.2, -0.15) is 0 Å². The third-order valence-corrected chi connectivity index (χ3v) is 5.58. The molecule has 0 aromatic carbocycles. The van der Waals surface area contributed by atoms with E-state index in [1.165, 1.54) is 6.42 Å². The molecular weight excluding hydrogens is 200 g/mol. The molecule has 80 valence electrons. The van der Waals surface area contributed by atoms with Crippen LogP contribution in [0.4, 0.5) is 0 Å². The average molecular weight is 216 g/mol. The zero-order chi connectivity index (χ0) is 9.92. The van der Waals surface area contributed by atoms with Gasteiger partial charge in [-0.25, -0.2) is 8.42 Å². The lowest BCUT2D eigenvalue weighted by atomic mass is 10.1. The van der Waals surface area contributed by atoms with Gasteiger partial charge in [0.2, 0.25) is 0 Å². The summed E-state index contributed by atoms with van der Waals surface area (Å²) in [7, 11) is -2.85. The molecule has 0 radical (unpaired) electrons. The van der Waals surface area contributed by atoms with Crippen LogP contribution in [-0.2, 0) is 9.84 Å². The summed E-state index contributed by atoms with van der Waals surface area (Å²) in [5.41, 5.74) is 5.87. The molecule has 0 spiro atoms. The molecule has 5 heteroatoms. The molecule has 3 fully saturated rings. The molecule has 4 unspecified atom stereocenters. The highest BCUT2D eigenvalue weighted by molar-refractivity contribution is 7.91. The summed E-state index contributed by atoms with van der Waals surface area (Å²) in [5, 5.41) is 0. The first-order valence-electron chi connectivity index (χ1n) is 5.25. The van der Waals surface area contributed by atoms with E-state index < -0.39 is 9.84 Å². The van der Waals surface area contributed by atoms with Crippen LogP contribution in [0, 0.1) is 11.8 Å². The summed E-state index contributed by atoms with van der Waals surface area (Å²) in [4.78, 5) is 2.30. The molecule has 1 saturated carbocycles. The second-order valence-electron chi connectivity index (χ2n) is 5.02. The molecule has 4 atom stereocenters. The van der Waals surface area contributed by atoms with Crippen molar-refractivity contribution in [1.29, 1.82) is 0 Å². The Hall–Kier alpha value is -0.130. The molecule has 0 amide bonds. The van der Waals surface area contributed by atoms with Crippen molar-refractivity contribution in [3.05, 3.63) is 0 Å². The van der Waals surface area contributed by atoms with Gasteiger partial charge in [0.05, 0.1) is 11.5 Å². The van der Waals surface area contributed by atoms with Crippen LogP contribution in [0.25, 0.3) is 0 Å². The maximum absolute atomic E-state index is 11.4. The van der Waals surface area contributed by atoms with Crippen LogP contribution >= 0.6 is 0 Å². The number of likely N-dealkylation sites (tertiary alicyclic amines) is 1. The lowest BCUT2D eigenvalue weighted by Gasteiger charge is -2.27. The highest BCUT2D eigenvalue weighted by Gasteiger charge is 2.50. The fraction of sp³-hybridized carbons (Fsp3) is 1.00. The molecule has 0 aromatic heterocycles. The predicted octanol–water partition coefficient (Wildman–Crippen LogP) is -0.938. The average Bonchev–Trinajstić information content (AvgIpc) is 2.56. The van der Waals surface area contributed by atoms with E-state index in [1.54, 1.807) is 0 Å². The van der Waals surface area contributed by atoms with Gasteiger partial charge >= 0.3 is 0 Å². The van der Waals surface area contributed by atoms with Crippen LogP contribution in [-0.4, -0.2) is 50.0 Å². The molecule has 1 aliphatic carbocycles. The summed E-state index contributed by atoms with van der Waals surface area (Å²) in [6, 6.07) is -0.0506. The smallest absolute Gasteiger partial charge is 0.153 e. The second-order valence-corrected chi connectivity index (χ2v) is 7.17. The van der Waals surface area contributed by atoms with Gasteiger partial charge in [0.25, 0.3) is 0 Å². The molecule has 14 heavy (non-hydrogen) atoms. The van der Waals surface area contributed by atoms with Crippen LogP contribution in [0.15, 0.2) is 0 Å². The van der Waals surface area contributed by atoms with Crippen molar-refractivity contribution in [2.75, 3.05) is 24.6 Å². The van der Waals surface area contributed by atoms with E-state index in [0.29, 0.717) is 0 Å². The minimum Gasteiger partial charge on any atom is -0.325 e. The molecule has 3 aliphatic rings. The van der Waals surface area contributed by atoms with Crippen molar-refractivity contribution >= 4 is 9.84 Å². The van der Waals surface area contributed by atoms with Crippen molar-refractivity contribution in [3.8, 4) is 0 Å². The molecular formula is C9H16N2O2S. The molecule has 0 bridgehead atoms. The first-order valence-corrected chi connectivity index (χ1v) is 7.07. The van der Waals surface area contributed by atoms with Crippen LogP contribution in [0.5, 0.6) is 0 Å². The quantitative estimate of drug-likeness (QED) is 0.614. The number of nitrogens with zero attached hydrogens (tertiary/aromatic N) is 1. The van der Waals surface area contributed by atoms with Crippen LogP contribution < -0.4 is 5.73 Å². The third kappa shape index (κ3) is 1.38. The summed E-state index contributed by atoms with van der Waals surface area (Å²) in [5.74, 6) is 2.17. The van der Waals surface area contributed by atoms with Crippen molar-refractivity contribution in [3.63, 3.8) is 0 Å².